The molecule has 1 saturated heterocycles. The standard InChI is InChI=1S/C3H4O4/c1-5-3-6-2(4)7-3/h3H,1H3. The summed E-state index contributed by atoms with van der Waals surface area (Å²) in [4.78, 5) is 9.74. The maximum atomic E-state index is 9.74. The zero-order valence-electron chi connectivity index (χ0n) is 3.71. The number of hydrogen-bond acceptors (Lipinski definition) is 4. The Morgan fingerprint density at radius 3 is 2.43 bits per heavy atom. The number of cyclic esters (lactones) is 2. The minimum absolute atomic E-state index is 0.674. The lowest BCUT2D eigenvalue weighted by Gasteiger charge is -2.22. The highest BCUT2D eigenvalue weighted by Gasteiger charge is 2.29. The van der Waals surface area contributed by atoms with Gasteiger partial charge in [0.05, 0.1) is 0 Å². The summed E-state index contributed by atoms with van der Waals surface area (Å²) in [5, 5.41) is 0. The number of hydrogen-bond donors (Lipinski definition) is 0. The molecule has 0 aliphatic carbocycles. The van der Waals surface area contributed by atoms with E-state index in [2.05, 4.69) is 14.2 Å². The predicted molar refractivity (Wildman–Crippen MR) is 18.4 cm³/mol. The van der Waals surface area contributed by atoms with Crippen LogP contribution in [0.4, 0.5) is 4.79 Å². The molecule has 0 aromatic rings. The third-order valence-electron chi connectivity index (χ3n) is 0.577. The van der Waals surface area contributed by atoms with Crippen LogP contribution in [0.2, 0.25) is 0 Å². The molecule has 0 radical (unpaired) electrons. The van der Waals surface area contributed by atoms with Crippen LogP contribution in [0.5, 0.6) is 0 Å². The van der Waals surface area contributed by atoms with Crippen LogP contribution >= 0.6 is 0 Å². The number of rotatable bonds is 1. The molecule has 7 heavy (non-hydrogen) atoms. The van der Waals surface area contributed by atoms with Gasteiger partial charge in [-0.25, -0.2) is 4.79 Å². The quantitative estimate of drug-likeness (QED) is 0.442. The maximum Gasteiger partial charge on any atom is 0.518 e. The molecule has 0 bridgehead atoms. The highest BCUT2D eigenvalue weighted by atomic mass is 17.0. The summed E-state index contributed by atoms with van der Waals surface area (Å²) < 4.78 is 12.8. The van der Waals surface area contributed by atoms with Crippen LogP contribution in [0.15, 0.2) is 0 Å². The van der Waals surface area contributed by atoms with Crippen molar-refractivity contribution in [3.8, 4) is 0 Å². The molecule has 0 unspecified atom stereocenters. The van der Waals surface area contributed by atoms with Gasteiger partial charge in [0.1, 0.15) is 0 Å². The first-order valence-electron chi connectivity index (χ1n) is 1.73. The molecule has 0 amide bonds. The van der Waals surface area contributed by atoms with Crippen molar-refractivity contribution >= 4 is 6.16 Å². The van der Waals surface area contributed by atoms with Crippen LogP contribution in [0.1, 0.15) is 0 Å². The van der Waals surface area contributed by atoms with E-state index in [9.17, 15) is 4.79 Å². The highest BCUT2D eigenvalue weighted by Crippen LogP contribution is 2.09. The summed E-state index contributed by atoms with van der Waals surface area (Å²) in [5.41, 5.74) is 0. The van der Waals surface area contributed by atoms with Crippen molar-refractivity contribution in [2.75, 3.05) is 7.11 Å². The second-order valence-corrected chi connectivity index (χ2v) is 1.01. The number of carbonyl (C=O) groups excluding carboxylic acids is 1. The molecule has 0 saturated carbocycles. The molecule has 0 aromatic heterocycles. The van der Waals surface area contributed by atoms with Gasteiger partial charge in [-0.05, 0) is 0 Å². The molecule has 1 heterocycles. The van der Waals surface area contributed by atoms with E-state index in [0.717, 1.165) is 0 Å². The van der Waals surface area contributed by atoms with Gasteiger partial charge in [0.15, 0.2) is 0 Å². The largest absolute Gasteiger partial charge is 0.518 e. The van der Waals surface area contributed by atoms with Gasteiger partial charge in [0.2, 0.25) is 0 Å². The fourth-order valence-electron chi connectivity index (χ4n) is 0.262. The summed E-state index contributed by atoms with van der Waals surface area (Å²) in [6.45, 7) is -0.757. The minimum Gasteiger partial charge on any atom is -0.368 e. The first-order chi connectivity index (χ1) is 3.33. The van der Waals surface area contributed by atoms with Crippen LogP contribution in [0.25, 0.3) is 0 Å². The van der Waals surface area contributed by atoms with Crippen molar-refractivity contribution in [1.82, 2.24) is 0 Å². The molecule has 4 nitrogen and oxygen atoms in total. The molecule has 4 heteroatoms. The van der Waals surface area contributed by atoms with Gasteiger partial charge < -0.3 is 14.2 Å². The molecule has 0 atom stereocenters. The third-order valence-corrected chi connectivity index (χ3v) is 0.577. The van der Waals surface area contributed by atoms with Crippen molar-refractivity contribution in [2.24, 2.45) is 0 Å². The van der Waals surface area contributed by atoms with E-state index in [-0.39, 0.29) is 0 Å². The van der Waals surface area contributed by atoms with Crippen LogP contribution in [0, 0.1) is 0 Å². The fraction of sp³-hybridized carbons (Fsp3) is 0.667. The van der Waals surface area contributed by atoms with Gasteiger partial charge in [0.25, 0.3) is 0 Å². The summed E-state index contributed by atoms with van der Waals surface area (Å²) >= 11 is 0. The predicted octanol–water partition coefficient (Wildman–Crippen LogP) is 0.0832. The molecule has 1 aliphatic heterocycles. The van der Waals surface area contributed by atoms with E-state index in [1.807, 2.05) is 0 Å². The summed E-state index contributed by atoms with van der Waals surface area (Å²) in [6.07, 6.45) is -0.674. The normalized spacial score (nSPS) is 19.9. The van der Waals surface area contributed by atoms with Gasteiger partial charge in [-0.3, -0.25) is 0 Å². The summed E-state index contributed by atoms with van der Waals surface area (Å²) in [5.74, 6) is 0. The van der Waals surface area contributed by atoms with E-state index in [0.29, 0.717) is 0 Å². The van der Waals surface area contributed by atoms with Crippen LogP contribution in [0.3, 0.4) is 0 Å². The molecule has 0 spiro atoms. The highest BCUT2D eigenvalue weighted by molar-refractivity contribution is 5.63. The van der Waals surface area contributed by atoms with Gasteiger partial charge in [-0.15, -0.1) is 0 Å². The Kier molecular flexibility index (Phi) is 0.867. The Morgan fingerprint density at radius 2 is 2.29 bits per heavy atom. The SMILES string of the molecule is COC1OC(=O)O1. The van der Waals surface area contributed by atoms with Crippen molar-refractivity contribution in [3.05, 3.63) is 0 Å². The summed E-state index contributed by atoms with van der Waals surface area (Å²) in [6, 6.07) is 0. The van der Waals surface area contributed by atoms with Crippen molar-refractivity contribution in [1.29, 1.82) is 0 Å². The molecule has 1 aliphatic rings. The third kappa shape index (κ3) is 0.640. The molecule has 1 fully saturated rings. The van der Waals surface area contributed by atoms with E-state index in [4.69, 9.17) is 0 Å². The molecular formula is C3H4O4. The van der Waals surface area contributed by atoms with E-state index in [1.54, 1.807) is 0 Å². The van der Waals surface area contributed by atoms with Crippen LogP contribution < -0.4 is 0 Å². The van der Waals surface area contributed by atoms with E-state index < -0.39 is 12.6 Å². The first kappa shape index (κ1) is 4.39. The average Bonchev–Trinajstić information content (AvgIpc) is 1.58. The number of carbonyl (C=O) groups is 1. The number of methoxy groups -OCH3 is 1. The topological polar surface area (TPSA) is 44.8 Å². The molecule has 40 valence electrons. The second kappa shape index (κ2) is 1.38. The molecular weight excluding hydrogens is 100 g/mol. The van der Waals surface area contributed by atoms with Gasteiger partial charge in [0, 0.05) is 7.11 Å². The fourth-order valence-corrected chi connectivity index (χ4v) is 0.262. The van der Waals surface area contributed by atoms with Crippen molar-refractivity contribution in [3.63, 3.8) is 0 Å². The smallest absolute Gasteiger partial charge is 0.368 e. The minimum atomic E-state index is -0.757. The van der Waals surface area contributed by atoms with Crippen molar-refractivity contribution < 1.29 is 19.0 Å². The first-order valence-corrected chi connectivity index (χ1v) is 1.73. The Hall–Kier alpha value is -0.770. The Bertz CT molecular complexity index is 80.9. The zero-order chi connectivity index (χ0) is 5.28. The lowest BCUT2D eigenvalue weighted by molar-refractivity contribution is -0.303. The van der Waals surface area contributed by atoms with Gasteiger partial charge in [-0.2, -0.15) is 0 Å². The monoisotopic (exact) mass is 104 g/mol. The summed E-state index contributed by atoms with van der Waals surface area (Å²) in [7, 11) is 1.39. The molecule has 1 rings (SSSR count). The van der Waals surface area contributed by atoms with E-state index in [1.165, 1.54) is 7.11 Å². The van der Waals surface area contributed by atoms with Gasteiger partial charge >= 0.3 is 12.6 Å². The zero-order valence-corrected chi connectivity index (χ0v) is 3.71. The molecule has 0 N–H and O–H groups in total. The van der Waals surface area contributed by atoms with Crippen LogP contribution in [-0.2, 0) is 14.2 Å². The molecule has 0 aromatic carbocycles. The van der Waals surface area contributed by atoms with Crippen LogP contribution in [-0.4, -0.2) is 19.7 Å². The van der Waals surface area contributed by atoms with E-state index >= 15 is 0 Å². The Balaban J connectivity index is 2.17. The maximum absolute atomic E-state index is 9.74. The second-order valence-electron chi connectivity index (χ2n) is 1.01. The number of ether oxygens (including phenoxy) is 3. The average molecular weight is 104 g/mol. The Labute approximate surface area is 40.0 Å². The lowest BCUT2D eigenvalue weighted by atomic mass is 11.0. The van der Waals surface area contributed by atoms with Crippen molar-refractivity contribution in [2.45, 2.75) is 6.48 Å². The Morgan fingerprint density at radius 1 is 1.71 bits per heavy atom. The lowest BCUT2D eigenvalue weighted by Crippen LogP contribution is -2.36. The van der Waals surface area contributed by atoms with Gasteiger partial charge in [-0.1, -0.05) is 0 Å².